The second kappa shape index (κ2) is 6.47. The highest BCUT2D eigenvalue weighted by atomic mass is 32.2. The third-order valence-corrected chi connectivity index (χ3v) is 3.55. The molecule has 8 heteroatoms. The van der Waals surface area contributed by atoms with Crippen LogP contribution >= 0.6 is 0 Å². The monoisotopic (exact) mass is 300 g/mol. The van der Waals surface area contributed by atoms with Crippen LogP contribution in [0.3, 0.4) is 0 Å². The normalized spacial score (nSPS) is 12.5. The van der Waals surface area contributed by atoms with Gasteiger partial charge in [-0.1, -0.05) is 19.9 Å². The Kier molecular flexibility index (Phi) is 5.20. The maximum Gasteiger partial charge on any atom is 0.285 e. The van der Waals surface area contributed by atoms with Gasteiger partial charge in [-0.15, -0.1) is 4.40 Å². The van der Waals surface area contributed by atoms with E-state index < -0.39 is 14.9 Å². The van der Waals surface area contributed by atoms with Crippen LogP contribution in [0.25, 0.3) is 0 Å². The fourth-order valence-corrected chi connectivity index (χ4v) is 2.31. The van der Waals surface area contributed by atoms with Crippen molar-refractivity contribution in [3.63, 3.8) is 0 Å². The average molecular weight is 300 g/mol. The molecule has 7 nitrogen and oxygen atoms in total. The molecule has 0 spiro atoms. The van der Waals surface area contributed by atoms with E-state index in [4.69, 9.17) is 4.74 Å². The lowest BCUT2D eigenvalue weighted by molar-refractivity contribution is -0.385. The van der Waals surface area contributed by atoms with Crippen LogP contribution < -0.4 is 0 Å². The summed E-state index contributed by atoms with van der Waals surface area (Å²) in [5.41, 5.74) is -0.304. The van der Waals surface area contributed by atoms with E-state index in [1.807, 2.05) is 13.8 Å². The van der Waals surface area contributed by atoms with Crippen molar-refractivity contribution in [2.75, 3.05) is 6.61 Å². The van der Waals surface area contributed by atoms with Gasteiger partial charge in [0.25, 0.3) is 15.7 Å². The van der Waals surface area contributed by atoms with Gasteiger partial charge in [-0.3, -0.25) is 10.1 Å². The first kappa shape index (κ1) is 16.1. The van der Waals surface area contributed by atoms with Crippen LogP contribution in [0, 0.1) is 16.0 Å². The zero-order valence-electron chi connectivity index (χ0n) is 11.4. The Balaban J connectivity index is 3.02. The minimum absolute atomic E-state index is 0.00482. The van der Waals surface area contributed by atoms with E-state index in [1.54, 1.807) is 0 Å². The SMILES string of the molecule is CC(=NS(=O)(=O)c1cccc([N+](=O)[O-])c1)OCC(C)C. The van der Waals surface area contributed by atoms with Gasteiger partial charge >= 0.3 is 0 Å². The first-order valence-corrected chi connectivity index (χ1v) is 7.35. The molecule has 0 saturated heterocycles. The Bertz CT molecular complexity index is 622. The summed E-state index contributed by atoms with van der Waals surface area (Å²) in [5.74, 6) is 0.242. The van der Waals surface area contributed by atoms with Gasteiger partial charge in [0.15, 0.2) is 5.90 Å². The molecule has 1 aromatic rings. The number of ether oxygens (including phenoxy) is 1. The van der Waals surface area contributed by atoms with Gasteiger partial charge in [-0.25, -0.2) is 0 Å². The highest BCUT2D eigenvalue weighted by Crippen LogP contribution is 2.19. The van der Waals surface area contributed by atoms with Gasteiger partial charge in [0.1, 0.15) is 0 Å². The number of nitro benzene ring substituents is 1. The number of non-ortho nitro benzene ring substituents is 1. The molecule has 110 valence electrons. The van der Waals surface area contributed by atoms with E-state index in [-0.39, 0.29) is 22.4 Å². The molecule has 0 aliphatic carbocycles. The molecule has 0 saturated carbocycles. The molecule has 0 aliphatic heterocycles. The predicted octanol–water partition coefficient (Wildman–Crippen LogP) is 2.37. The number of nitrogens with zero attached hydrogens (tertiary/aromatic N) is 2. The van der Waals surface area contributed by atoms with Crippen molar-refractivity contribution < 1.29 is 18.1 Å². The zero-order valence-corrected chi connectivity index (χ0v) is 12.3. The first-order valence-electron chi connectivity index (χ1n) is 5.91. The number of rotatable bonds is 5. The summed E-state index contributed by atoms with van der Waals surface area (Å²) < 4.78 is 32.6. The molecule has 0 unspecified atom stereocenters. The van der Waals surface area contributed by atoms with Crippen LogP contribution in [0.1, 0.15) is 20.8 Å². The molecule has 0 bridgehead atoms. The van der Waals surface area contributed by atoms with Crippen molar-refractivity contribution >= 4 is 21.6 Å². The quantitative estimate of drug-likeness (QED) is 0.360. The van der Waals surface area contributed by atoms with E-state index >= 15 is 0 Å². The zero-order chi connectivity index (χ0) is 15.3. The van der Waals surface area contributed by atoms with E-state index in [0.29, 0.717) is 6.61 Å². The number of hydrogen-bond donors (Lipinski definition) is 0. The molecule has 0 atom stereocenters. The van der Waals surface area contributed by atoms with Crippen LogP contribution in [0.2, 0.25) is 0 Å². The lowest BCUT2D eigenvalue weighted by Crippen LogP contribution is -2.09. The molecule has 0 radical (unpaired) electrons. The summed E-state index contributed by atoms with van der Waals surface area (Å²) in [4.78, 5) is 9.73. The van der Waals surface area contributed by atoms with Gasteiger partial charge in [-0.2, -0.15) is 8.42 Å². The summed E-state index contributed by atoms with van der Waals surface area (Å²) in [7, 11) is -4.00. The van der Waals surface area contributed by atoms with Crippen LogP contribution in [0.4, 0.5) is 5.69 Å². The van der Waals surface area contributed by atoms with E-state index in [1.165, 1.54) is 25.1 Å². The van der Waals surface area contributed by atoms with Gasteiger partial charge in [0.2, 0.25) is 0 Å². The van der Waals surface area contributed by atoms with Crippen molar-refractivity contribution in [1.82, 2.24) is 0 Å². The number of sulfonamides is 1. The topological polar surface area (TPSA) is 98.9 Å². The molecular weight excluding hydrogens is 284 g/mol. The number of benzene rings is 1. The van der Waals surface area contributed by atoms with Crippen molar-refractivity contribution in [3.8, 4) is 0 Å². The molecule has 20 heavy (non-hydrogen) atoms. The fourth-order valence-electron chi connectivity index (χ4n) is 1.29. The van der Waals surface area contributed by atoms with E-state index in [2.05, 4.69) is 4.40 Å². The standard InChI is InChI=1S/C12H16N2O5S/c1-9(2)8-19-10(3)13-20(17,18)12-6-4-5-11(7-12)14(15)16/h4-7,9H,8H2,1-3H3. The maximum atomic E-state index is 12.0. The van der Waals surface area contributed by atoms with E-state index in [0.717, 1.165) is 6.07 Å². The van der Waals surface area contributed by atoms with Crippen LogP contribution in [-0.2, 0) is 14.8 Å². The number of hydrogen-bond acceptors (Lipinski definition) is 5. The van der Waals surface area contributed by atoms with Gasteiger partial charge in [-0.05, 0) is 12.0 Å². The molecule has 0 aromatic heterocycles. The minimum atomic E-state index is -4.00. The Morgan fingerprint density at radius 1 is 1.45 bits per heavy atom. The average Bonchev–Trinajstić information content (AvgIpc) is 2.36. The lowest BCUT2D eigenvalue weighted by atomic mass is 10.2. The highest BCUT2D eigenvalue weighted by Gasteiger charge is 2.17. The second-order valence-electron chi connectivity index (χ2n) is 4.54. The van der Waals surface area contributed by atoms with Gasteiger partial charge < -0.3 is 4.74 Å². The Morgan fingerprint density at radius 2 is 2.10 bits per heavy atom. The summed E-state index contributed by atoms with van der Waals surface area (Å²) in [6.45, 7) is 5.61. The second-order valence-corrected chi connectivity index (χ2v) is 6.15. The molecule has 0 aliphatic rings. The third-order valence-electron chi connectivity index (χ3n) is 2.20. The molecule has 1 aromatic carbocycles. The Labute approximate surface area is 117 Å². The summed E-state index contributed by atoms with van der Waals surface area (Å²) in [5, 5.41) is 10.6. The van der Waals surface area contributed by atoms with Crippen molar-refractivity contribution in [2.45, 2.75) is 25.7 Å². The fraction of sp³-hybridized carbons (Fsp3) is 0.417. The van der Waals surface area contributed by atoms with Crippen LogP contribution in [0.15, 0.2) is 33.6 Å². The first-order chi connectivity index (χ1) is 9.22. The predicted molar refractivity (Wildman–Crippen MR) is 74.2 cm³/mol. The van der Waals surface area contributed by atoms with Crippen LogP contribution in [-0.4, -0.2) is 25.8 Å². The summed E-state index contributed by atoms with van der Waals surface area (Å²) >= 11 is 0. The van der Waals surface area contributed by atoms with Crippen molar-refractivity contribution in [3.05, 3.63) is 34.4 Å². The Hall–Kier alpha value is -1.96. The highest BCUT2D eigenvalue weighted by molar-refractivity contribution is 7.90. The molecule has 0 N–H and O–H groups in total. The largest absolute Gasteiger partial charge is 0.480 e. The smallest absolute Gasteiger partial charge is 0.285 e. The van der Waals surface area contributed by atoms with Crippen molar-refractivity contribution in [2.24, 2.45) is 10.3 Å². The molecule has 0 fully saturated rings. The maximum absolute atomic E-state index is 12.0. The van der Waals surface area contributed by atoms with Gasteiger partial charge in [0, 0.05) is 19.1 Å². The molecular formula is C12H16N2O5S. The Morgan fingerprint density at radius 3 is 2.65 bits per heavy atom. The molecule has 1 rings (SSSR count). The summed E-state index contributed by atoms with van der Waals surface area (Å²) in [6.07, 6.45) is 0. The number of nitro groups is 1. The van der Waals surface area contributed by atoms with Crippen molar-refractivity contribution in [1.29, 1.82) is 0 Å². The van der Waals surface area contributed by atoms with E-state index in [9.17, 15) is 18.5 Å². The minimum Gasteiger partial charge on any atom is -0.480 e. The molecule has 0 heterocycles. The molecule has 0 amide bonds. The third kappa shape index (κ3) is 4.61. The summed E-state index contributed by atoms with van der Waals surface area (Å²) in [6, 6.07) is 4.73. The van der Waals surface area contributed by atoms with Gasteiger partial charge in [0.05, 0.1) is 16.4 Å². The van der Waals surface area contributed by atoms with Crippen LogP contribution in [0.5, 0.6) is 0 Å². The lowest BCUT2D eigenvalue weighted by Gasteiger charge is -2.07.